The molecule has 2 rings (SSSR count). The lowest BCUT2D eigenvalue weighted by molar-refractivity contribution is -0.141. The van der Waals surface area contributed by atoms with Gasteiger partial charge in [-0.05, 0) is 37.5 Å². The molecule has 3 amide bonds. The van der Waals surface area contributed by atoms with Crippen LogP contribution in [0.3, 0.4) is 0 Å². The number of rotatable bonds is 6. The molecule has 7 heteroatoms. The zero-order valence-corrected chi connectivity index (χ0v) is 14.6. The lowest BCUT2D eigenvalue weighted by atomic mass is 10.1. The van der Waals surface area contributed by atoms with E-state index in [1.54, 1.807) is 18.2 Å². The number of likely N-dealkylation sites (tertiary alicyclic amines) is 1. The maximum absolute atomic E-state index is 12.2. The van der Waals surface area contributed by atoms with Gasteiger partial charge in [-0.25, -0.2) is 4.79 Å². The van der Waals surface area contributed by atoms with E-state index in [4.69, 9.17) is 5.11 Å². The van der Waals surface area contributed by atoms with Crippen LogP contribution >= 0.6 is 0 Å². The fourth-order valence-corrected chi connectivity index (χ4v) is 2.67. The minimum atomic E-state index is -0.865. The molecule has 1 aromatic rings. The number of carboxylic acid groups (broad SMARTS) is 1. The lowest BCUT2D eigenvalue weighted by Crippen LogP contribution is -2.38. The number of aliphatic carboxylic acids is 1. The van der Waals surface area contributed by atoms with E-state index in [1.165, 1.54) is 4.90 Å². The van der Waals surface area contributed by atoms with Crippen LogP contribution in [0.4, 0.5) is 4.79 Å². The van der Waals surface area contributed by atoms with Crippen molar-refractivity contribution < 1.29 is 19.5 Å². The van der Waals surface area contributed by atoms with Crippen LogP contribution in [-0.2, 0) is 11.3 Å². The highest BCUT2D eigenvalue weighted by molar-refractivity contribution is 5.94. The van der Waals surface area contributed by atoms with Gasteiger partial charge >= 0.3 is 12.0 Å². The van der Waals surface area contributed by atoms with E-state index in [0.29, 0.717) is 18.5 Å². The summed E-state index contributed by atoms with van der Waals surface area (Å²) in [5.41, 5.74) is 1.37. The van der Waals surface area contributed by atoms with Crippen molar-refractivity contribution in [3.05, 3.63) is 35.4 Å². The van der Waals surface area contributed by atoms with Gasteiger partial charge < -0.3 is 20.6 Å². The fraction of sp³-hybridized carbons (Fsp3) is 0.500. The molecule has 1 aromatic carbocycles. The van der Waals surface area contributed by atoms with Gasteiger partial charge in [0, 0.05) is 31.2 Å². The van der Waals surface area contributed by atoms with Crippen molar-refractivity contribution in [2.45, 2.75) is 39.3 Å². The molecule has 2 unspecified atom stereocenters. The van der Waals surface area contributed by atoms with E-state index in [0.717, 1.165) is 12.0 Å². The number of nitrogens with zero attached hydrogens (tertiary/aromatic N) is 1. The SMILES string of the molecule is CCC(C)NC(=O)c1cccc(CNC(=O)N2CCC(C(=O)O)C2)c1. The third-order valence-corrected chi connectivity index (χ3v) is 4.45. The minimum absolute atomic E-state index is 0.105. The molecular formula is C18H25N3O4. The van der Waals surface area contributed by atoms with E-state index in [9.17, 15) is 14.4 Å². The smallest absolute Gasteiger partial charge is 0.317 e. The Labute approximate surface area is 147 Å². The van der Waals surface area contributed by atoms with Crippen molar-refractivity contribution >= 4 is 17.9 Å². The van der Waals surface area contributed by atoms with Crippen molar-refractivity contribution in [1.82, 2.24) is 15.5 Å². The van der Waals surface area contributed by atoms with Crippen LogP contribution in [0.15, 0.2) is 24.3 Å². The van der Waals surface area contributed by atoms with Crippen molar-refractivity contribution in [3.8, 4) is 0 Å². The van der Waals surface area contributed by atoms with Gasteiger partial charge in [0.05, 0.1) is 5.92 Å². The number of hydrogen-bond donors (Lipinski definition) is 3. The summed E-state index contributed by atoms with van der Waals surface area (Å²) in [7, 11) is 0. The molecule has 1 aliphatic heterocycles. The average Bonchev–Trinajstić information content (AvgIpc) is 3.10. The van der Waals surface area contributed by atoms with E-state index in [2.05, 4.69) is 10.6 Å². The van der Waals surface area contributed by atoms with Gasteiger partial charge in [0.25, 0.3) is 5.91 Å². The molecule has 1 fully saturated rings. The fourth-order valence-electron chi connectivity index (χ4n) is 2.67. The largest absolute Gasteiger partial charge is 0.481 e. The normalized spacial score (nSPS) is 17.8. The van der Waals surface area contributed by atoms with Gasteiger partial charge in [0.15, 0.2) is 0 Å². The van der Waals surface area contributed by atoms with E-state index < -0.39 is 11.9 Å². The number of carbonyl (C=O) groups excluding carboxylic acids is 2. The van der Waals surface area contributed by atoms with Gasteiger partial charge in [-0.15, -0.1) is 0 Å². The quantitative estimate of drug-likeness (QED) is 0.731. The van der Waals surface area contributed by atoms with Crippen molar-refractivity contribution in [2.24, 2.45) is 5.92 Å². The summed E-state index contributed by atoms with van der Waals surface area (Å²) in [6, 6.07) is 6.93. The Morgan fingerprint density at radius 3 is 2.76 bits per heavy atom. The van der Waals surface area contributed by atoms with E-state index in [-0.39, 0.29) is 31.1 Å². The second-order valence-corrected chi connectivity index (χ2v) is 6.41. The predicted molar refractivity (Wildman–Crippen MR) is 93.2 cm³/mol. The number of hydrogen-bond acceptors (Lipinski definition) is 3. The molecule has 0 aromatic heterocycles. The zero-order chi connectivity index (χ0) is 18.4. The zero-order valence-electron chi connectivity index (χ0n) is 14.6. The number of carbonyl (C=O) groups is 3. The highest BCUT2D eigenvalue weighted by Gasteiger charge is 2.30. The third kappa shape index (κ3) is 5.20. The Bertz CT molecular complexity index is 647. The molecule has 3 N–H and O–H groups in total. The first-order valence-electron chi connectivity index (χ1n) is 8.56. The molecular weight excluding hydrogens is 322 g/mol. The maximum atomic E-state index is 12.2. The van der Waals surface area contributed by atoms with Crippen LogP contribution in [0.25, 0.3) is 0 Å². The highest BCUT2D eigenvalue weighted by Crippen LogP contribution is 2.16. The molecule has 0 aliphatic carbocycles. The molecule has 1 heterocycles. The van der Waals surface area contributed by atoms with Crippen LogP contribution in [-0.4, -0.2) is 47.0 Å². The predicted octanol–water partition coefficient (Wildman–Crippen LogP) is 1.83. The van der Waals surface area contributed by atoms with Gasteiger partial charge in [-0.3, -0.25) is 9.59 Å². The first-order chi connectivity index (χ1) is 11.9. The summed E-state index contributed by atoms with van der Waals surface area (Å²) < 4.78 is 0. The Morgan fingerprint density at radius 1 is 1.36 bits per heavy atom. The standard InChI is InChI=1S/C18H25N3O4/c1-3-12(2)20-16(22)14-6-4-5-13(9-14)10-19-18(25)21-8-7-15(11-21)17(23)24/h4-6,9,12,15H,3,7-8,10-11H2,1-2H3,(H,19,25)(H,20,22)(H,23,24). The maximum Gasteiger partial charge on any atom is 0.317 e. The Hall–Kier alpha value is -2.57. The molecule has 25 heavy (non-hydrogen) atoms. The second kappa shape index (κ2) is 8.50. The van der Waals surface area contributed by atoms with Crippen LogP contribution in [0.5, 0.6) is 0 Å². The number of carboxylic acids is 1. The van der Waals surface area contributed by atoms with Crippen molar-refractivity contribution in [2.75, 3.05) is 13.1 Å². The summed E-state index contributed by atoms with van der Waals surface area (Å²) in [4.78, 5) is 36.7. The molecule has 1 saturated heterocycles. The summed E-state index contributed by atoms with van der Waals surface area (Å²) in [5, 5.41) is 14.7. The third-order valence-electron chi connectivity index (χ3n) is 4.45. The van der Waals surface area contributed by atoms with Crippen LogP contribution in [0.1, 0.15) is 42.6 Å². The van der Waals surface area contributed by atoms with E-state index >= 15 is 0 Å². The molecule has 0 bridgehead atoms. The Kier molecular flexibility index (Phi) is 6.38. The molecule has 0 saturated carbocycles. The molecule has 0 spiro atoms. The molecule has 0 radical (unpaired) electrons. The van der Waals surface area contributed by atoms with Gasteiger partial charge in [0.2, 0.25) is 0 Å². The van der Waals surface area contributed by atoms with E-state index in [1.807, 2.05) is 19.9 Å². The lowest BCUT2D eigenvalue weighted by Gasteiger charge is -2.17. The number of nitrogens with one attached hydrogen (secondary N) is 2. The number of urea groups is 1. The van der Waals surface area contributed by atoms with Crippen molar-refractivity contribution in [3.63, 3.8) is 0 Å². The highest BCUT2D eigenvalue weighted by atomic mass is 16.4. The summed E-state index contributed by atoms with van der Waals surface area (Å²) in [6.07, 6.45) is 1.34. The minimum Gasteiger partial charge on any atom is -0.481 e. The van der Waals surface area contributed by atoms with Crippen LogP contribution in [0, 0.1) is 5.92 Å². The number of benzene rings is 1. The molecule has 1 aliphatic rings. The van der Waals surface area contributed by atoms with Gasteiger partial charge in [-0.1, -0.05) is 19.1 Å². The molecule has 136 valence electrons. The Balaban J connectivity index is 1.89. The number of amides is 3. The summed E-state index contributed by atoms with van der Waals surface area (Å²) in [5.74, 6) is -1.49. The summed E-state index contributed by atoms with van der Waals surface area (Å²) in [6.45, 7) is 4.92. The Morgan fingerprint density at radius 2 is 2.12 bits per heavy atom. The summed E-state index contributed by atoms with van der Waals surface area (Å²) >= 11 is 0. The average molecular weight is 347 g/mol. The molecule has 2 atom stereocenters. The van der Waals surface area contributed by atoms with Crippen LogP contribution < -0.4 is 10.6 Å². The van der Waals surface area contributed by atoms with Gasteiger partial charge in [0.1, 0.15) is 0 Å². The van der Waals surface area contributed by atoms with Crippen LogP contribution in [0.2, 0.25) is 0 Å². The first kappa shape index (κ1) is 18.8. The molecule has 7 nitrogen and oxygen atoms in total. The first-order valence-corrected chi connectivity index (χ1v) is 8.56. The topological polar surface area (TPSA) is 98.7 Å². The van der Waals surface area contributed by atoms with Crippen molar-refractivity contribution in [1.29, 1.82) is 0 Å². The monoisotopic (exact) mass is 347 g/mol. The second-order valence-electron chi connectivity index (χ2n) is 6.41. The van der Waals surface area contributed by atoms with Gasteiger partial charge in [-0.2, -0.15) is 0 Å².